The maximum absolute atomic E-state index is 12.5. The van der Waals surface area contributed by atoms with Crippen LogP contribution in [0.15, 0.2) is 12.1 Å². The lowest BCUT2D eigenvalue weighted by atomic mass is 9.77. The average molecular weight is 332 g/mol. The Bertz CT molecular complexity index is 511. The van der Waals surface area contributed by atoms with Gasteiger partial charge in [0.05, 0.1) is 10.6 Å². The number of phenols is 1. The molecule has 0 unspecified atom stereocenters. The highest BCUT2D eigenvalue weighted by Crippen LogP contribution is 2.36. The molecule has 0 saturated carbocycles. The first kappa shape index (κ1) is 16.4. The second-order valence-corrected chi connectivity index (χ2v) is 6.43. The number of nitrogens with zero attached hydrogens (tertiary/aromatic N) is 1. The van der Waals surface area contributed by atoms with E-state index >= 15 is 0 Å². The molecular formula is C15H19Cl2NO3. The van der Waals surface area contributed by atoms with E-state index in [0.717, 1.165) is 19.3 Å². The van der Waals surface area contributed by atoms with Crippen LogP contribution in [-0.4, -0.2) is 40.7 Å². The lowest BCUT2D eigenvalue weighted by Gasteiger charge is -2.40. The summed E-state index contributed by atoms with van der Waals surface area (Å²) in [5, 5.41) is 19.9. The van der Waals surface area contributed by atoms with Crippen molar-refractivity contribution in [1.29, 1.82) is 0 Å². The van der Waals surface area contributed by atoms with Gasteiger partial charge in [-0.3, -0.25) is 4.79 Å². The number of piperidine rings is 1. The zero-order valence-corrected chi connectivity index (χ0v) is 13.4. The number of hydrogen-bond acceptors (Lipinski definition) is 3. The summed E-state index contributed by atoms with van der Waals surface area (Å²) in [5.41, 5.74) is -0.00290. The van der Waals surface area contributed by atoms with Crippen LogP contribution >= 0.6 is 23.2 Å². The Morgan fingerprint density at radius 2 is 1.95 bits per heavy atom. The zero-order chi connectivity index (χ0) is 15.6. The summed E-state index contributed by atoms with van der Waals surface area (Å²) in [7, 11) is 0. The Balaban J connectivity index is 2.16. The molecule has 0 bridgehead atoms. The molecule has 1 fully saturated rings. The third kappa shape index (κ3) is 3.28. The van der Waals surface area contributed by atoms with Gasteiger partial charge in [0.1, 0.15) is 5.75 Å². The summed E-state index contributed by atoms with van der Waals surface area (Å²) < 4.78 is 0. The molecule has 0 aromatic heterocycles. The monoisotopic (exact) mass is 331 g/mol. The number of aliphatic hydroxyl groups excluding tert-OH is 1. The number of amides is 1. The van der Waals surface area contributed by atoms with E-state index in [1.165, 1.54) is 12.1 Å². The molecule has 1 saturated heterocycles. The molecule has 2 N–H and O–H groups in total. The van der Waals surface area contributed by atoms with Crippen molar-refractivity contribution in [2.24, 2.45) is 5.41 Å². The Morgan fingerprint density at radius 3 is 2.43 bits per heavy atom. The Morgan fingerprint density at radius 1 is 1.33 bits per heavy atom. The van der Waals surface area contributed by atoms with Crippen LogP contribution in [-0.2, 0) is 0 Å². The number of phenolic OH excluding ortho intramolecular Hbond substituents is 1. The van der Waals surface area contributed by atoms with E-state index in [9.17, 15) is 15.0 Å². The number of carbonyl (C=O) groups is 1. The van der Waals surface area contributed by atoms with Crippen molar-refractivity contribution in [1.82, 2.24) is 4.90 Å². The summed E-state index contributed by atoms with van der Waals surface area (Å²) in [4.78, 5) is 14.2. The lowest BCUT2D eigenvalue weighted by Crippen LogP contribution is -2.44. The minimum absolute atomic E-state index is 0.0917. The van der Waals surface area contributed by atoms with E-state index in [4.69, 9.17) is 23.2 Å². The summed E-state index contributed by atoms with van der Waals surface area (Å²) in [6.07, 6.45) is 2.38. The molecule has 1 aromatic carbocycles. The van der Waals surface area contributed by atoms with Crippen LogP contribution < -0.4 is 0 Å². The Hall–Kier alpha value is -0.970. The number of likely N-dealkylation sites (tertiary alicyclic amines) is 1. The summed E-state index contributed by atoms with van der Waals surface area (Å²) in [6, 6.07) is 2.76. The second-order valence-electron chi connectivity index (χ2n) is 5.59. The van der Waals surface area contributed by atoms with Crippen LogP contribution in [0.4, 0.5) is 0 Å². The van der Waals surface area contributed by atoms with Gasteiger partial charge in [0.2, 0.25) is 0 Å². The molecule has 1 aromatic rings. The normalized spacial score (nSPS) is 17.8. The number of hydrogen-bond donors (Lipinski definition) is 2. The van der Waals surface area contributed by atoms with Crippen molar-refractivity contribution in [2.45, 2.75) is 26.2 Å². The molecule has 4 nitrogen and oxygen atoms in total. The first-order valence-corrected chi connectivity index (χ1v) is 7.76. The van der Waals surface area contributed by atoms with Crippen LogP contribution in [0.25, 0.3) is 0 Å². The molecule has 2 rings (SSSR count). The third-order valence-electron chi connectivity index (χ3n) is 4.44. The third-order valence-corrected chi connectivity index (χ3v) is 4.96. The molecule has 0 aliphatic carbocycles. The van der Waals surface area contributed by atoms with Crippen molar-refractivity contribution < 1.29 is 15.0 Å². The molecule has 1 aliphatic rings. The van der Waals surface area contributed by atoms with Crippen molar-refractivity contribution in [3.05, 3.63) is 27.7 Å². The number of benzene rings is 1. The number of carbonyl (C=O) groups excluding carboxylic acids is 1. The minimum Gasteiger partial charge on any atom is -0.507 e. The quantitative estimate of drug-likeness (QED) is 0.893. The molecule has 0 spiro atoms. The van der Waals surface area contributed by atoms with E-state index in [0.29, 0.717) is 13.1 Å². The molecule has 1 aliphatic heterocycles. The van der Waals surface area contributed by atoms with Crippen LogP contribution in [0.2, 0.25) is 10.0 Å². The first-order chi connectivity index (χ1) is 9.92. The molecule has 1 amide bonds. The SMILES string of the molecule is CCC1(CO)CCN(C(=O)c2c(O)cc(Cl)cc2Cl)CC1. The number of rotatable bonds is 3. The number of halogens is 2. The van der Waals surface area contributed by atoms with Crippen molar-refractivity contribution in [3.63, 3.8) is 0 Å². The molecule has 6 heteroatoms. The van der Waals surface area contributed by atoms with E-state index in [-0.39, 0.29) is 39.3 Å². The summed E-state index contributed by atoms with van der Waals surface area (Å²) >= 11 is 11.8. The highest BCUT2D eigenvalue weighted by Gasteiger charge is 2.35. The standard InChI is InChI=1S/C15H19Cl2NO3/c1-2-15(9-19)3-5-18(6-4-15)14(21)13-11(17)7-10(16)8-12(13)20/h7-8,19-20H,2-6,9H2,1H3. The van der Waals surface area contributed by atoms with Gasteiger partial charge in [-0.05, 0) is 36.8 Å². The lowest BCUT2D eigenvalue weighted by molar-refractivity contribution is 0.0336. The molecular weight excluding hydrogens is 313 g/mol. The van der Waals surface area contributed by atoms with Gasteiger partial charge < -0.3 is 15.1 Å². The Kier molecular flexibility index (Phi) is 5.02. The fourth-order valence-corrected chi connectivity index (χ4v) is 3.30. The van der Waals surface area contributed by atoms with Crippen LogP contribution in [0, 0.1) is 5.41 Å². The van der Waals surface area contributed by atoms with Crippen LogP contribution in [0.5, 0.6) is 5.75 Å². The highest BCUT2D eigenvalue weighted by atomic mass is 35.5. The van der Waals surface area contributed by atoms with Crippen molar-refractivity contribution in [3.8, 4) is 5.75 Å². The summed E-state index contributed by atoms with van der Waals surface area (Å²) in [5.74, 6) is -0.496. The van der Waals surface area contributed by atoms with Gasteiger partial charge in [-0.15, -0.1) is 0 Å². The second kappa shape index (κ2) is 6.42. The van der Waals surface area contributed by atoms with Gasteiger partial charge in [0.15, 0.2) is 0 Å². The zero-order valence-electron chi connectivity index (χ0n) is 11.9. The van der Waals surface area contributed by atoms with Crippen molar-refractivity contribution in [2.75, 3.05) is 19.7 Å². The van der Waals surface area contributed by atoms with Gasteiger partial charge in [-0.25, -0.2) is 0 Å². The van der Waals surface area contributed by atoms with Gasteiger partial charge in [0.25, 0.3) is 5.91 Å². The maximum Gasteiger partial charge on any atom is 0.259 e. The number of aromatic hydroxyl groups is 1. The fraction of sp³-hybridized carbons (Fsp3) is 0.533. The molecule has 1 heterocycles. The maximum atomic E-state index is 12.5. The van der Waals surface area contributed by atoms with E-state index in [2.05, 4.69) is 6.92 Å². The van der Waals surface area contributed by atoms with E-state index in [1.54, 1.807) is 4.90 Å². The Labute approximate surface area is 134 Å². The van der Waals surface area contributed by atoms with Gasteiger partial charge in [-0.1, -0.05) is 30.1 Å². The number of aliphatic hydroxyl groups is 1. The van der Waals surface area contributed by atoms with Crippen LogP contribution in [0.3, 0.4) is 0 Å². The smallest absolute Gasteiger partial charge is 0.259 e. The van der Waals surface area contributed by atoms with Gasteiger partial charge in [0, 0.05) is 24.7 Å². The highest BCUT2D eigenvalue weighted by molar-refractivity contribution is 6.37. The molecule has 116 valence electrons. The van der Waals surface area contributed by atoms with Gasteiger partial charge in [-0.2, -0.15) is 0 Å². The fourth-order valence-electron chi connectivity index (χ4n) is 2.74. The topological polar surface area (TPSA) is 60.8 Å². The van der Waals surface area contributed by atoms with Crippen LogP contribution in [0.1, 0.15) is 36.5 Å². The first-order valence-electron chi connectivity index (χ1n) is 7.00. The predicted molar refractivity (Wildman–Crippen MR) is 83.1 cm³/mol. The van der Waals surface area contributed by atoms with Crippen molar-refractivity contribution >= 4 is 29.1 Å². The molecule has 0 atom stereocenters. The largest absolute Gasteiger partial charge is 0.507 e. The summed E-state index contributed by atoms with van der Waals surface area (Å²) in [6.45, 7) is 3.28. The minimum atomic E-state index is -0.295. The average Bonchev–Trinajstić information content (AvgIpc) is 2.46. The predicted octanol–water partition coefficient (Wildman–Crippen LogP) is 3.32. The van der Waals surface area contributed by atoms with E-state index < -0.39 is 0 Å². The van der Waals surface area contributed by atoms with Gasteiger partial charge >= 0.3 is 0 Å². The molecule has 0 radical (unpaired) electrons. The molecule has 21 heavy (non-hydrogen) atoms. The van der Waals surface area contributed by atoms with E-state index in [1.807, 2.05) is 0 Å².